The monoisotopic (exact) mass is 773 g/mol. The third-order valence-corrected chi connectivity index (χ3v) is 8.34. The number of carboxylic acid groups (broad SMARTS) is 1. The molecule has 7 amide bonds. The smallest absolute Gasteiger partial charge is 0.327 e. The highest BCUT2D eigenvalue weighted by Crippen LogP contribution is 2.13. The van der Waals surface area contributed by atoms with E-state index >= 15 is 0 Å². The molecule has 0 aliphatic rings. The minimum Gasteiger partial charge on any atom is -0.508 e. The number of hydrogen-bond donors (Lipinski definition) is 14. The number of aromatic hydroxyl groups is 1. The van der Waals surface area contributed by atoms with Crippen molar-refractivity contribution in [2.24, 2.45) is 17.2 Å². The Kier molecular flexibility index (Phi) is 21.1. The van der Waals surface area contributed by atoms with Crippen molar-refractivity contribution in [3.05, 3.63) is 29.8 Å². The van der Waals surface area contributed by atoms with Crippen molar-refractivity contribution in [3.8, 4) is 5.75 Å². The number of thiol groups is 2. The molecular formula is C31H51N9O10S2. The first-order valence-corrected chi connectivity index (χ1v) is 17.7. The van der Waals surface area contributed by atoms with Crippen LogP contribution in [0, 0.1) is 0 Å². The lowest BCUT2D eigenvalue weighted by molar-refractivity contribution is -0.142. The Labute approximate surface area is 312 Å². The molecule has 0 heterocycles. The number of carbonyl (C=O) groups excluding carboxylic acids is 6. The zero-order chi connectivity index (χ0) is 39.4. The van der Waals surface area contributed by atoms with Crippen molar-refractivity contribution in [2.45, 2.75) is 87.8 Å². The predicted octanol–water partition coefficient (Wildman–Crippen LogP) is -3.41. The maximum atomic E-state index is 13.8. The van der Waals surface area contributed by atoms with Crippen LogP contribution in [0.4, 0.5) is 4.79 Å². The number of nitrogens with one attached hydrogen (secondary N) is 6. The number of aliphatic carboxylic acids is 1. The number of unbranched alkanes of at least 4 members (excludes halogenated alkanes) is 1. The van der Waals surface area contributed by atoms with Gasteiger partial charge in [0, 0.05) is 24.5 Å². The van der Waals surface area contributed by atoms with E-state index in [0.29, 0.717) is 18.4 Å². The molecule has 0 fully saturated rings. The fourth-order valence-corrected chi connectivity index (χ4v) is 5.05. The zero-order valence-electron chi connectivity index (χ0n) is 28.7. The average Bonchev–Trinajstić information content (AvgIpc) is 3.09. The molecular weight excluding hydrogens is 723 g/mol. The van der Waals surface area contributed by atoms with Crippen LogP contribution in [0.3, 0.4) is 0 Å². The number of aliphatic hydroxyl groups excluding tert-OH is 1. The summed E-state index contributed by atoms with van der Waals surface area (Å²) in [7, 11) is 0. The molecule has 0 radical (unpaired) electrons. The summed E-state index contributed by atoms with van der Waals surface area (Å²) in [6.45, 7) is 1.48. The van der Waals surface area contributed by atoms with Gasteiger partial charge in [-0.05, 0) is 63.3 Å². The molecule has 0 saturated carbocycles. The number of urea groups is 1. The van der Waals surface area contributed by atoms with E-state index in [4.69, 9.17) is 17.2 Å². The first-order valence-electron chi connectivity index (χ1n) is 16.5. The van der Waals surface area contributed by atoms with Crippen molar-refractivity contribution in [1.29, 1.82) is 0 Å². The summed E-state index contributed by atoms with van der Waals surface area (Å²) in [5.74, 6) is -5.98. The van der Waals surface area contributed by atoms with Gasteiger partial charge in [-0.2, -0.15) is 25.3 Å². The van der Waals surface area contributed by atoms with Gasteiger partial charge in [-0.15, -0.1) is 0 Å². The van der Waals surface area contributed by atoms with Crippen LogP contribution in [0.25, 0.3) is 0 Å². The van der Waals surface area contributed by atoms with E-state index in [9.17, 15) is 48.9 Å². The quantitative estimate of drug-likeness (QED) is 0.0361. The number of aliphatic hydroxyl groups is 1. The number of hydrogen-bond acceptors (Lipinski definition) is 13. The lowest BCUT2D eigenvalue weighted by atomic mass is 10.0. The predicted molar refractivity (Wildman–Crippen MR) is 196 cm³/mol. The number of carboxylic acids is 1. The molecule has 15 N–H and O–H groups in total. The number of carbonyl (C=O) groups is 7. The van der Waals surface area contributed by atoms with E-state index in [0.717, 1.165) is 0 Å². The fourth-order valence-electron chi connectivity index (χ4n) is 4.64. The normalized spacial score (nSPS) is 15.0. The third kappa shape index (κ3) is 16.8. The number of phenols is 1. The number of amides is 7. The molecule has 0 saturated heterocycles. The Bertz CT molecular complexity index is 1360. The highest BCUT2D eigenvalue weighted by molar-refractivity contribution is 7.80. The van der Waals surface area contributed by atoms with Gasteiger partial charge in [0.1, 0.15) is 36.0 Å². The van der Waals surface area contributed by atoms with Crippen molar-refractivity contribution in [2.75, 3.05) is 24.6 Å². The molecule has 19 nitrogen and oxygen atoms in total. The van der Waals surface area contributed by atoms with Crippen molar-refractivity contribution < 1.29 is 48.9 Å². The second-order valence-electron chi connectivity index (χ2n) is 11.9. The van der Waals surface area contributed by atoms with E-state index < -0.39 is 83.9 Å². The van der Waals surface area contributed by atoms with Crippen LogP contribution >= 0.6 is 25.3 Å². The Morgan fingerprint density at radius 1 is 0.731 bits per heavy atom. The van der Waals surface area contributed by atoms with Gasteiger partial charge < -0.3 is 64.4 Å². The number of nitrogens with two attached hydrogens (primary N) is 3. The molecule has 0 spiro atoms. The summed E-state index contributed by atoms with van der Waals surface area (Å²) in [5.41, 5.74) is 17.1. The molecule has 0 aliphatic heterocycles. The zero-order valence-corrected chi connectivity index (χ0v) is 30.5. The minimum atomic E-state index is -1.62. The molecule has 21 heteroatoms. The SMILES string of the molecule is C[C@@H](O)[C@H](NC(=O)[C@H](CCCCN)NC(=O)[C@@H](CCCNC(N)=O)NC(=O)[C@H](Cc1ccc(O)cc1)NC(=O)[C@H](N)CS)C(=O)N[C@@H](CS)C(=O)O. The standard InChI is InChI=1S/C31H51N9O10S2/c1-16(41)24(29(47)39-23(15-52)30(48)49)40-27(45)20(5-2-3-11-32)36-26(44)21(6-4-12-35-31(34)50)37-28(46)22(38-25(43)19(33)14-51)13-17-7-9-18(42)10-8-17/h7-10,16,19-24,41-42,51-52H,2-6,11-15,32-33H2,1H3,(H,36,44)(H,37,46)(H,38,43)(H,39,47)(H,40,45)(H,48,49)(H3,34,35,50)/t16-,19-,20+,21-,22+,23+,24+/m1/s1. The summed E-state index contributed by atoms with van der Waals surface area (Å²) in [4.78, 5) is 89.1. The molecule has 1 aromatic carbocycles. The Morgan fingerprint density at radius 3 is 1.75 bits per heavy atom. The van der Waals surface area contributed by atoms with Gasteiger partial charge >= 0.3 is 12.0 Å². The summed E-state index contributed by atoms with van der Waals surface area (Å²) < 4.78 is 0. The third-order valence-electron chi connectivity index (χ3n) is 7.58. The van der Waals surface area contributed by atoms with E-state index in [-0.39, 0.29) is 56.0 Å². The van der Waals surface area contributed by atoms with Gasteiger partial charge in [0.2, 0.25) is 29.5 Å². The number of rotatable bonds is 24. The van der Waals surface area contributed by atoms with E-state index in [1.165, 1.54) is 31.2 Å². The number of primary amides is 1. The van der Waals surface area contributed by atoms with Gasteiger partial charge in [0.15, 0.2) is 0 Å². The summed E-state index contributed by atoms with van der Waals surface area (Å²) in [5, 5.41) is 43.8. The van der Waals surface area contributed by atoms with Gasteiger partial charge in [0.05, 0.1) is 12.1 Å². The van der Waals surface area contributed by atoms with E-state index in [1.807, 2.05) is 0 Å². The second kappa shape index (κ2) is 24.0. The second-order valence-corrected chi connectivity index (χ2v) is 12.6. The molecule has 292 valence electrons. The minimum absolute atomic E-state index is 0.0162. The van der Waals surface area contributed by atoms with Crippen molar-refractivity contribution in [3.63, 3.8) is 0 Å². The van der Waals surface area contributed by atoms with Crippen LogP contribution in [0.2, 0.25) is 0 Å². The lowest BCUT2D eigenvalue weighted by Gasteiger charge is -2.28. The molecule has 0 aliphatic carbocycles. The van der Waals surface area contributed by atoms with E-state index in [1.54, 1.807) is 0 Å². The molecule has 52 heavy (non-hydrogen) atoms. The van der Waals surface area contributed by atoms with Crippen LogP contribution in [0.1, 0.15) is 44.6 Å². The van der Waals surface area contributed by atoms with Crippen LogP contribution in [0.15, 0.2) is 24.3 Å². The van der Waals surface area contributed by atoms with Crippen molar-refractivity contribution >= 4 is 66.8 Å². The molecule has 1 aromatic rings. The summed E-state index contributed by atoms with van der Waals surface area (Å²) in [6.07, 6.45) is -0.698. The first-order chi connectivity index (χ1) is 24.5. The largest absolute Gasteiger partial charge is 0.508 e. The molecule has 0 bridgehead atoms. The maximum Gasteiger partial charge on any atom is 0.327 e. The Morgan fingerprint density at radius 2 is 1.25 bits per heavy atom. The number of benzene rings is 1. The summed E-state index contributed by atoms with van der Waals surface area (Å²) in [6, 6.07) is -3.00. The molecule has 0 aromatic heterocycles. The first kappa shape index (κ1) is 45.7. The van der Waals surface area contributed by atoms with Gasteiger partial charge in [-0.1, -0.05) is 12.1 Å². The van der Waals surface area contributed by atoms with Gasteiger partial charge in [-0.25, -0.2) is 9.59 Å². The molecule has 1 rings (SSSR count). The molecule has 7 atom stereocenters. The fraction of sp³-hybridized carbons (Fsp3) is 0.581. The Hall–Kier alpha value is -4.31. The van der Waals surface area contributed by atoms with Crippen LogP contribution < -0.4 is 49.1 Å². The average molecular weight is 774 g/mol. The highest BCUT2D eigenvalue weighted by atomic mass is 32.1. The Balaban J connectivity index is 3.36. The van der Waals surface area contributed by atoms with Gasteiger partial charge in [0.25, 0.3) is 0 Å². The van der Waals surface area contributed by atoms with Crippen LogP contribution in [-0.2, 0) is 35.2 Å². The van der Waals surface area contributed by atoms with E-state index in [2.05, 4.69) is 57.2 Å². The number of phenolic OH excluding ortho intramolecular Hbond substituents is 1. The topological polar surface area (TPSA) is 330 Å². The lowest BCUT2D eigenvalue weighted by Crippen LogP contribution is -2.61. The highest BCUT2D eigenvalue weighted by Gasteiger charge is 2.34. The van der Waals surface area contributed by atoms with Gasteiger partial charge in [-0.3, -0.25) is 24.0 Å². The van der Waals surface area contributed by atoms with Crippen molar-refractivity contribution in [1.82, 2.24) is 31.9 Å². The van der Waals surface area contributed by atoms with Crippen LogP contribution in [-0.4, -0.2) is 124 Å². The molecule has 0 unspecified atom stereocenters. The summed E-state index contributed by atoms with van der Waals surface area (Å²) >= 11 is 7.92. The maximum absolute atomic E-state index is 13.8. The van der Waals surface area contributed by atoms with Crippen LogP contribution in [0.5, 0.6) is 5.75 Å².